The summed E-state index contributed by atoms with van der Waals surface area (Å²) in [7, 11) is 1.70. The summed E-state index contributed by atoms with van der Waals surface area (Å²) in [5, 5.41) is 10.0. The Hall–Kier alpha value is -2.27. The maximum absolute atomic E-state index is 5.22. The van der Waals surface area contributed by atoms with Gasteiger partial charge in [0.25, 0.3) is 0 Å². The third-order valence-electron chi connectivity index (χ3n) is 4.65. The molecule has 0 radical (unpaired) electrons. The van der Waals surface area contributed by atoms with E-state index in [0.29, 0.717) is 5.92 Å². The van der Waals surface area contributed by atoms with Crippen LogP contribution in [0.2, 0.25) is 0 Å². The maximum atomic E-state index is 5.22. The lowest BCUT2D eigenvalue weighted by Gasteiger charge is -2.10. The van der Waals surface area contributed by atoms with Crippen LogP contribution in [0.25, 0.3) is 0 Å². The van der Waals surface area contributed by atoms with Gasteiger partial charge in [0.05, 0.1) is 13.7 Å². The van der Waals surface area contributed by atoms with Crippen molar-refractivity contribution in [2.45, 2.75) is 36.9 Å². The zero-order valence-electron chi connectivity index (χ0n) is 15.0. The van der Waals surface area contributed by atoms with E-state index in [4.69, 9.17) is 4.74 Å². The summed E-state index contributed by atoms with van der Waals surface area (Å²) >= 11 is 1.80. The van der Waals surface area contributed by atoms with E-state index in [1.54, 1.807) is 18.9 Å². The first-order chi connectivity index (χ1) is 12.8. The van der Waals surface area contributed by atoms with Crippen molar-refractivity contribution in [2.24, 2.45) is 0 Å². The molecule has 134 valence electrons. The Morgan fingerprint density at radius 1 is 1.00 bits per heavy atom. The topological polar surface area (TPSA) is 39.9 Å². The van der Waals surface area contributed by atoms with E-state index < -0.39 is 0 Å². The number of nitrogens with zero attached hydrogens (tertiary/aromatic N) is 3. The van der Waals surface area contributed by atoms with Gasteiger partial charge in [0, 0.05) is 11.7 Å². The van der Waals surface area contributed by atoms with Gasteiger partial charge in [0.2, 0.25) is 0 Å². The van der Waals surface area contributed by atoms with Gasteiger partial charge >= 0.3 is 0 Å². The normalized spacial score (nSPS) is 13.7. The summed E-state index contributed by atoms with van der Waals surface area (Å²) in [6.07, 6.45) is 3.48. The molecule has 2 aromatic carbocycles. The van der Waals surface area contributed by atoms with Gasteiger partial charge in [-0.3, -0.25) is 0 Å². The van der Waals surface area contributed by atoms with E-state index in [1.807, 2.05) is 12.1 Å². The average Bonchev–Trinajstić information content (AvgIpc) is 3.46. The van der Waals surface area contributed by atoms with Gasteiger partial charge in [0.1, 0.15) is 11.6 Å². The molecule has 0 saturated heterocycles. The minimum atomic E-state index is 0.599. The molecule has 0 N–H and O–H groups in total. The van der Waals surface area contributed by atoms with E-state index in [1.165, 1.54) is 24.0 Å². The average molecular weight is 366 g/mol. The maximum Gasteiger partial charge on any atom is 0.191 e. The van der Waals surface area contributed by atoms with Crippen molar-refractivity contribution >= 4 is 11.8 Å². The van der Waals surface area contributed by atoms with E-state index in [9.17, 15) is 0 Å². The minimum absolute atomic E-state index is 0.599. The summed E-state index contributed by atoms with van der Waals surface area (Å²) in [6.45, 7) is 0.852. The molecule has 0 unspecified atom stereocenters. The number of hydrogen-bond acceptors (Lipinski definition) is 4. The number of ether oxygens (including phenoxy) is 1. The van der Waals surface area contributed by atoms with Crippen LogP contribution in [0.1, 0.15) is 35.7 Å². The van der Waals surface area contributed by atoms with E-state index in [0.717, 1.165) is 35.4 Å². The number of rotatable bonds is 8. The van der Waals surface area contributed by atoms with E-state index in [-0.39, 0.29) is 0 Å². The first-order valence-electron chi connectivity index (χ1n) is 9.06. The molecule has 0 aliphatic heterocycles. The Balaban J connectivity index is 1.44. The van der Waals surface area contributed by atoms with Crippen LogP contribution in [0.3, 0.4) is 0 Å². The van der Waals surface area contributed by atoms with Crippen LogP contribution in [0.15, 0.2) is 59.8 Å². The van der Waals surface area contributed by atoms with Crippen molar-refractivity contribution in [1.29, 1.82) is 0 Å². The van der Waals surface area contributed by atoms with Gasteiger partial charge in [0.15, 0.2) is 5.16 Å². The molecular weight excluding hydrogens is 342 g/mol. The molecule has 0 spiro atoms. The lowest BCUT2D eigenvalue weighted by Crippen LogP contribution is -2.06. The lowest BCUT2D eigenvalue weighted by molar-refractivity contribution is 0.414. The molecule has 4 rings (SSSR count). The molecule has 26 heavy (non-hydrogen) atoms. The highest BCUT2D eigenvalue weighted by Gasteiger charge is 2.30. The van der Waals surface area contributed by atoms with E-state index in [2.05, 4.69) is 57.2 Å². The van der Waals surface area contributed by atoms with Crippen molar-refractivity contribution in [1.82, 2.24) is 14.8 Å². The second kappa shape index (κ2) is 7.96. The van der Waals surface area contributed by atoms with Gasteiger partial charge < -0.3 is 9.30 Å². The lowest BCUT2D eigenvalue weighted by atomic mass is 10.2. The first-order valence-corrected chi connectivity index (χ1v) is 10.0. The molecule has 0 atom stereocenters. The van der Waals surface area contributed by atoms with Crippen LogP contribution >= 0.6 is 11.8 Å². The molecule has 0 amide bonds. The monoisotopic (exact) mass is 365 g/mol. The second-order valence-electron chi connectivity index (χ2n) is 6.63. The van der Waals surface area contributed by atoms with Gasteiger partial charge in [-0.25, -0.2) is 0 Å². The Bertz CT molecular complexity index is 841. The summed E-state index contributed by atoms with van der Waals surface area (Å²) < 4.78 is 7.53. The molecule has 1 aliphatic carbocycles. The SMILES string of the molecule is COc1ccc(CCSc2nnc(C3CC3)n2Cc2ccccc2)cc1. The number of aryl methyl sites for hydroxylation is 1. The number of aromatic nitrogens is 3. The van der Waals surface area contributed by atoms with Crippen molar-refractivity contribution in [2.75, 3.05) is 12.9 Å². The number of hydrogen-bond donors (Lipinski definition) is 0. The fraction of sp³-hybridized carbons (Fsp3) is 0.333. The molecule has 1 heterocycles. The highest BCUT2D eigenvalue weighted by Crippen LogP contribution is 2.40. The van der Waals surface area contributed by atoms with Crippen LogP contribution in [-0.2, 0) is 13.0 Å². The first kappa shape index (κ1) is 17.2. The molecular formula is C21H23N3OS. The minimum Gasteiger partial charge on any atom is -0.497 e. The third kappa shape index (κ3) is 4.10. The van der Waals surface area contributed by atoms with Crippen molar-refractivity contribution in [3.05, 3.63) is 71.5 Å². The van der Waals surface area contributed by atoms with Gasteiger partial charge in [-0.1, -0.05) is 54.2 Å². The predicted octanol–water partition coefficient (Wildman–Crippen LogP) is 4.55. The summed E-state index contributed by atoms with van der Waals surface area (Å²) in [6, 6.07) is 18.9. The zero-order valence-corrected chi connectivity index (χ0v) is 15.8. The smallest absolute Gasteiger partial charge is 0.191 e. The zero-order chi connectivity index (χ0) is 17.8. The van der Waals surface area contributed by atoms with Gasteiger partial charge in [-0.2, -0.15) is 0 Å². The number of methoxy groups -OCH3 is 1. The highest BCUT2D eigenvalue weighted by atomic mass is 32.2. The van der Waals surface area contributed by atoms with Crippen molar-refractivity contribution < 1.29 is 4.74 Å². The van der Waals surface area contributed by atoms with Crippen molar-refractivity contribution in [3.63, 3.8) is 0 Å². The van der Waals surface area contributed by atoms with Gasteiger partial charge in [-0.15, -0.1) is 10.2 Å². The number of thioether (sulfide) groups is 1. The molecule has 4 nitrogen and oxygen atoms in total. The quantitative estimate of drug-likeness (QED) is 0.549. The van der Waals surface area contributed by atoms with Crippen LogP contribution in [0, 0.1) is 0 Å². The molecule has 0 bridgehead atoms. The largest absolute Gasteiger partial charge is 0.497 e. The van der Waals surface area contributed by atoms with Gasteiger partial charge in [-0.05, 0) is 42.5 Å². The Kier molecular flexibility index (Phi) is 5.25. The Morgan fingerprint density at radius 2 is 1.77 bits per heavy atom. The molecule has 5 heteroatoms. The van der Waals surface area contributed by atoms with E-state index >= 15 is 0 Å². The fourth-order valence-electron chi connectivity index (χ4n) is 3.02. The molecule has 1 aromatic heterocycles. The standard InChI is InChI=1S/C21H23N3OS/c1-25-19-11-7-16(8-12-19)13-14-26-21-23-22-20(18-9-10-18)24(21)15-17-5-3-2-4-6-17/h2-8,11-12,18H,9-10,13-15H2,1H3. The molecule has 1 fully saturated rings. The molecule has 1 saturated carbocycles. The molecule has 3 aromatic rings. The Labute approximate surface area is 158 Å². The van der Waals surface area contributed by atoms with Crippen LogP contribution < -0.4 is 4.74 Å². The van der Waals surface area contributed by atoms with Crippen LogP contribution in [0.4, 0.5) is 0 Å². The summed E-state index contributed by atoms with van der Waals surface area (Å²) in [4.78, 5) is 0. The number of benzene rings is 2. The summed E-state index contributed by atoms with van der Waals surface area (Å²) in [5.74, 6) is 3.64. The third-order valence-corrected chi connectivity index (χ3v) is 5.62. The highest BCUT2D eigenvalue weighted by molar-refractivity contribution is 7.99. The predicted molar refractivity (Wildman–Crippen MR) is 105 cm³/mol. The van der Waals surface area contributed by atoms with Crippen LogP contribution in [-0.4, -0.2) is 27.6 Å². The van der Waals surface area contributed by atoms with Crippen LogP contribution in [0.5, 0.6) is 5.75 Å². The molecule has 1 aliphatic rings. The Morgan fingerprint density at radius 3 is 2.46 bits per heavy atom. The second-order valence-corrected chi connectivity index (χ2v) is 7.70. The van der Waals surface area contributed by atoms with Crippen molar-refractivity contribution in [3.8, 4) is 5.75 Å². The fourth-order valence-corrected chi connectivity index (χ4v) is 3.95. The summed E-state index contributed by atoms with van der Waals surface area (Å²) in [5.41, 5.74) is 2.61.